The standard InChI is InChI=1S/C17H30N4O2S.HI/c1-15(11-14-24(4,22)23)20-17(18-2)19-12-8-13-21(3)16-9-6-5-7-10-16;/h5-7,9-10,15H,8,11-14H2,1-4H3,(H2,18,19,20);1H. The van der Waals surface area contributed by atoms with Crippen molar-refractivity contribution in [2.24, 2.45) is 4.99 Å². The quantitative estimate of drug-likeness (QED) is 0.244. The number of aliphatic imine (C=N–C) groups is 1. The lowest BCUT2D eigenvalue weighted by atomic mass is 10.2. The van der Waals surface area contributed by atoms with E-state index in [1.54, 1.807) is 7.05 Å². The molecule has 0 bridgehead atoms. The van der Waals surface area contributed by atoms with Crippen molar-refractivity contribution in [1.82, 2.24) is 10.6 Å². The molecule has 25 heavy (non-hydrogen) atoms. The number of benzene rings is 1. The van der Waals surface area contributed by atoms with Crippen LogP contribution in [0.3, 0.4) is 0 Å². The second-order valence-corrected chi connectivity index (χ2v) is 8.33. The van der Waals surface area contributed by atoms with Crippen LogP contribution in [0.15, 0.2) is 35.3 Å². The van der Waals surface area contributed by atoms with Crippen molar-refractivity contribution in [2.75, 3.05) is 44.1 Å². The third-order valence-corrected chi connectivity index (χ3v) is 4.67. The van der Waals surface area contributed by atoms with E-state index in [1.165, 1.54) is 11.9 Å². The molecule has 0 amide bonds. The van der Waals surface area contributed by atoms with Crippen LogP contribution in [0.1, 0.15) is 19.8 Å². The molecular formula is C17H31IN4O2S. The number of para-hydroxylation sites is 1. The summed E-state index contributed by atoms with van der Waals surface area (Å²) in [5.74, 6) is 0.887. The van der Waals surface area contributed by atoms with Gasteiger partial charge in [0.1, 0.15) is 9.84 Å². The molecule has 0 saturated heterocycles. The molecule has 1 atom stereocenters. The van der Waals surface area contributed by atoms with Crippen LogP contribution in [0.5, 0.6) is 0 Å². The van der Waals surface area contributed by atoms with E-state index in [0.29, 0.717) is 12.4 Å². The molecule has 0 spiro atoms. The van der Waals surface area contributed by atoms with Crippen molar-refractivity contribution in [3.63, 3.8) is 0 Å². The van der Waals surface area contributed by atoms with Crippen molar-refractivity contribution in [1.29, 1.82) is 0 Å². The van der Waals surface area contributed by atoms with E-state index in [1.807, 2.05) is 25.1 Å². The number of guanidine groups is 1. The molecule has 0 aromatic heterocycles. The highest BCUT2D eigenvalue weighted by molar-refractivity contribution is 14.0. The number of hydrogen-bond donors (Lipinski definition) is 2. The van der Waals surface area contributed by atoms with Crippen LogP contribution >= 0.6 is 24.0 Å². The Balaban J connectivity index is 0.00000576. The molecule has 6 nitrogen and oxygen atoms in total. The Labute approximate surface area is 169 Å². The first kappa shape index (κ1) is 24.0. The number of rotatable bonds is 9. The van der Waals surface area contributed by atoms with Crippen LogP contribution < -0.4 is 15.5 Å². The van der Waals surface area contributed by atoms with Crippen LogP contribution in [0, 0.1) is 0 Å². The number of nitrogens with one attached hydrogen (secondary N) is 2. The summed E-state index contributed by atoms with van der Waals surface area (Å²) in [5.41, 5.74) is 1.20. The number of hydrogen-bond acceptors (Lipinski definition) is 4. The van der Waals surface area contributed by atoms with E-state index in [9.17, 15) is 8.42 Å². The summed E-state index contributed by atoms with van der Waals surface area (Å²) < 4.78 is 22.4. The lowest BCUT2D eigenvalue weighted by Gasteiger charge is -2.20. The van der Waals surface area contributed by atoms with Crippen LogP contribution in [-0.2, 0) is 9.84 Å². The minimum atomic E-state index is -2.92. The largest absolute Gasteiger partial charge is 0.375 e. The van der Waals surface area contributed by atoms with Crippen LogP contribution in [0.25, 0.3) is 0 Å². The topological polar surface area (TPSA) is 73.8 Å². The normalized spacial score (nSPS) is 12.9. The predicted molar refractivity (Wildman–Crippen MR) is 118 cm³/mol. The Morgan fingerprint density at radius 1 is 1.28 bits per heavy atom. The molecule has 0 saturated carbocycles. The maximum Gasteiger partial charge on any atom is 0.191 e. The summed E-state index contributed by atoms with van der Waals surface area (Å²) in [6.45, 7) is 3.70. The highest BCUT2D eigenvalue weighted by Gasteiger charge is 2.09. The van der Waals surface area contributed by atoms with Gasteiger partial charge in [-0.15, -0.1) is 24.0 Å². The summed E-state index contributed by atoms with van der Waals surface area (Å²) in [6.07, 6.45) is 2.80. The zero-order valence-corrected chi connectivity index (χ0v) is 18.7. The lowest BCUT2D eigenvalue weighted by molar-refractivity contribution is 0.580. The van der Waals surface area contributed by atoms with Gasteiger partial charge in [0.25, 0.3) is 0 Å². The average Bonchev–Trinajstić information content (AvgIpc) is 2.55. The van der Waals surface area contributed by atoms with E-state index in [0.717, 1.165) is 19.5 Å². The van der Waals surface area contributed by atoms with Crippen molar-refractivity contribution in [2.45, 2.75) is 25.8 Å². The molecule has 1 aromatic rings. The molecular weight excluding hydrogens is 451 g/mol. The van der Waals surface area contributed by atoms with Gasteiger partial charge in [-0.1, -0.05) is 18.2 Å². The molecule has 144 valence electrons. The first-order valence-electron chi connectivity index (χ1n) is 8.23. The average molecular weight is 482 g/mol. The van der Waals surface area contributed by atoms with Crippen LogP contribution in [0.4, 0.5) is 5.69 Å². The molecule has 0 fully saturated rings. The Hall–Kier alpha value is -1.03. The number of halogens is 1. The van der Waals surface area contributed by atoms with E-state index in [-0.39, 0.29) is 35.8 Å². The maximum absolute atomic E-state index is 11.2. The van der Waals surface area contributed by atoms with E-state index >= 15 is 0 Å². The highest BCUT2D eigenvalue weighted by Crippen LogP contribution is 2.10. The van der Waals surface area contributed by atoms with Gasteiger partial charge in [-0.3, -0.25) is 4.99 Å². The van der Waals surface area contributed by atoms with Gasteiger partial charge < -0.3 is 15.5 Å². The molecule has 0 heterocycles. The fraction of sp³-hybridized carbons (Fsp3) is 0.588. The molecule has 1 aromatic carbocycles. The monoisotopic (exact) mass is 482 g/mol. The Morgan fingerprint density at radius 3 is 2.48 bits per heavy atom. The molecule has 0 aliphatic rings. The smallest absolute Gasteiger partial charge is 0.191 e. The van der Waals surface area contributed by atoms with Crippen LogP contribution in [-0.4, -0.2) is 59.6 Å². The number of anilines is 1. The second kappa shape index (κ2) is 12.3. The molecule has 2 N–H and O–H groups in total. The zero-order valence-electron chi connectivity index (χ0n) is 15.5. The van der Waals surface area contributed by atoms with Gasteiger partial charge in [-0.05, 0) is 31.9 Å². The highest BCUT2D eigenvalue weighted by atomic mass is 127. The van der Waals surface area contributed by atoms with Gasteiger partial charge in [-0.25, -0.2) is 8.42 Å². The Bertz CT molecular complexity index is 608. The van der Waals surface area contributed by atoms with E-state index < -0.39 is 9.84 Å². The Morgan fingerprint density at radius 2 is 1.92 bits per heavy atom. The van der Waals surface area contributed by atoms with Crippen molar-refractivity contribution in [3.8, 4) is 0 Å². The SMILES string of the molecule is CN=C(NCCCN(C)c1ccccc1)NC(C)CCS(C)(=O)=O.I. The van der Waals surface area contributed by atoms with E-state index in [4.69, 9.17) is 0 Å². The third kappa shape index (κ3) is 11.2. The Kier molecular flexibility index (Phi) is 11.8. The minimum absolute atomic E-state index is 0. The summed E-state index contributed by atoms with van der Waals surface area (Å²) in [7, 11) is 0.872. The molecule has 1 unspecified atom stereocenters. The summed E-state index contributed by atoms with van der Waals surface area (Å²) in [4.78, 5) is 6.39. The zero-order chi connectivity index (χ0) is 18.0. The first-order valence-corrected chi connectivity index (χ1v) is 10.3. The predicted octanol–water partition coefficient (Wildman–Crippen LogP) is 2.12. The summed E-state index contributed by atoms with van der Waals surface area (Å²) in [6, 6.07) is 10.3. The molecule has 0 aliphatic carbocycles. The van der Waals surface area contributed by atoms with Gasteiger partial charge in [0, 0.05) is 45.2 Å². The van der Waals surface area contributed by atoms with Gasteiger partial charge >= 0.3 is 0 Å². The summed E-state index contributed by atoms with van der Waals surface area (Å²) in [5, 5.41) is 6.49. The fourth-order valence-electron chi connectivity index (χ4n) is 2.23. The molecule has 8 heteroatoms. The maximum atomic E-state index is 11.2. The lowest BCUT2D eigenvalue weighted by Crippen LogP contribution is -2.43. The minimum Gasteiger partial charge on any atom is -0.375 e. The fourth-order valence-corrected chi connectivity index (χ4v) is 3.01. The second-order valence-electron chi connectivity index (χ2n) is 6.07. The first-order chi connectivity index (χ1) is 11.3. The third-order valence-electron chi connectivity index (χ3n) is 3.69. The van der Waals surface area contributed by atoms with Gasteiger partial charge in [0.15, 0.2) is 5.96 Å². The van der Waals surface area contributed by atoms with Crippen molar-refractivity contribution < 1.29 is 8.42 Å². The van der Waals surface area contributed by atoms with Gasteiger partial charge in [-0.2, -0.15) is 0 Å². The van der Waals surface area contributed by atoms with Gasteiger partial charge in [0.2, 0.25) is 0 Å². The van der Waals surface area contributed by atoms with E-state index in [2.05, 4.69) is 39.7 Å². The van der Waals surface area contributed by atoms with Crippen LogP contribution in [0.2, 0.25) is 0 Å². The van der Waals surface area contributed by atoms with Crippen molar-refractivity contribution in [3.05, 3.63) is 30.3 Å². The number of sulfone groups is 1. The molecule has 0 radical (unpaired) electrons. The number of nitrogens with zero attached hydrogens (tertiary/aromatic N) is 2. The van der Waals surface area contributed by atoms with Crippen molar-refractivity contribution >= 4 is 45.5 Å². The molecule has 1 rings (SSSR count). The van der Waals surface area contributed by atoms with Gasteiger partial charge in [0.05, 0.1) is 5.75 Å². The molecule has 0 aliphatic heterocycles. The summed E-state index contributed by atoms with van der Waals surface area (Å²) >= 11 is 0.